The molecule has 2 amide bonds. The highest BCUT2D eigenvalue weighted by molar-refractivity contribution is 9.10. The molecule has 5 rings (SSSR count). The van der Waals surface area contributed by atoms with Crippen LogP contribution in [0.5, 0.6) is 0 Å². The number of carbonyl (C=O) groups is 2. The lowest BCUT2D eigenvalue weighted by atomic mass is 9.81. The second kappa shape index (κ2) is 7.95. The highest BCUT2D eigenvalue weighted by Crippen LogP contribution is 2.56. The molecule has 4 fully saturated rings. The van der Waals surface area contributed by atoms with Gasteiger partial charge >= 0.3 is 0 Å². The third-order valence-corrected chi connectivity index (χ3v) is 7.49. The Hall–Kier alpha value is -1.54. The standard InChI is InChI=1S/C21H28BrN5O2/c22-16-12-23-21(24-13-16)26-9-7-25(8-10-26)5-1-2-6-27-19(28)17-14-3-4-15(11-14)18(17)20(27)29/h12-15,17-18H,1-11H2/i5D2. The van der Waals surface area contributed by atoms with Crippen LogP contribution in [0, 0.1) is 23.7 Å². The molecule has 0 radical (unpaired) electrons. The molecule has 2 saturated heterocycles. The van der Waals surface area contributed by atoms with E-state index >= 15 is 0 Å². The summed E-state index contributed by atoms with van der Waals surface area (Å²) in [4.78, 5) is 39.6. The zero-order chi connectivity index (χ0) is 21.8. The van der Waals surface area contributed by atoms with Crippen LogP contribution in [0.25, 0.3) is 0 Å². The molecule has 2 aliphatic carbocycles. The maximum absolute atomic E-state index is 12.8. The number of amides is 2. The predicted molar refractivity (Wildman–Crippen MR) is 112 cm³/mol. The number of piperazine rings is 1. The molecular formula is C21H28BrN5O2. The summed E-state index contributed by atoms with van der Waals surface area (Å²) in [5.41, 5.74) is 0. The van der Waals surface area contributed by atoms with Crippen molar-refractivity contribution in [3.63, 3.8) is 0 Å². The topological polar surface area (TPSA) is 69.6 Å². The molecule has 1 aromatic heterocycles. The van der Waals surface area contributed by atoms with E-state index in [-0.39, 0.29) is 23.7 Å². The maximum Gasteiger partial charge on any atom is 0.233 e. The van der Waals surface area contributed by atoms with Crippen LogP contribution >= 0.6 is 15.9 Å². The normalized spacial score (nSPS) is 33.3. The molecule has 29 heavy (non-hydrogen) atoms. The first-order chi connectivity index (χ1) is 14.8. The quantitative estimate of drug-likeness (QED) is 0.602. The van der Waals surface area contributed by atoms with E-state index in [0.29, 0.717) is 63.3 Å². The fourth-order valence-corrected chi connectivity index (χ4v) is 5.90. The second-order valence-electron chi connectivity index (χ2n) is 8.65. The van der Waals surface area contributed by atoms with Gasteiger partial charge in [0.25, 0.3) is 0 Å². The van der Waals surface area contributed by atoms with Crippen LogP contribution in [0.1, 0.15) is 34.8 Å². The van der Waals surface area contributed by atoms with E-state index in [9.17, 15) is 9.59 Å². The van der Waals surface area contributed by atoms with Gasteiger partial charge < -0.3 is 4.90 Å². The van der Waals surface area contributed by atoms with Crippen LogP contribution in [0.15, 0.2) is 16.9 Å². The lowest BCUT2D eigenvalue weighted by Crippen LogP contribution is -2.47. The average molecular weight is 464 g/mol. The molecule has 2 saturated carbocycles. The molecule has 0 spiro atoms. The van der Waals surface area contributed by atoms with Crippen LogP contribution in [-0.4, -0.2) is 70.8 Å². The molecule has 8 heteroatoms. The van der Waals surface area contributed by atoms with Gasteiger partial charge in [-0.15, -0.1) is 0 Å². The molecule has 3 heterocycles. The molecule has 2 bridgehead atoms. The van der Waals surface area contributed by atoms with E-state index in [2.05, 4.69) is 30.8 Å². The van der Waals surface area contributed by atoms with Crippen molar-refractivity contribution in [1.82, 2.24) is 19.8 Å². The van der Waals surface area contributed by atoms with Gasteiger partial charge in [-0.2, -0.15) is 0 Å². The van der Waals surface area contributed by atoms with Gasteiger partial charge in [-0.05, 0) is 66.4 Å². The Morgan fingerprint density at radius 2 is 1.62 bits per heavy atom. The highest BCUT2D eigenvalue weighted by atomic mass is 79.9. The van der Waals surface area contributed by atoms with Gasteiger partial charge in [0, 0.05) is 47.9 Å². The van der Waals surface area contributed by atoms with Crippen molar-refractivity contribution in [2.75, 3.05) is 44.1 Å². The Morgan fingerprint density at radius 3 is 2.24 bits per heavy atom. The number of likely N-dealkylation sites (tertiary alicyclic amines) is 1. The van der Waals surface area contributed by atoms with Crippen LogP contribution in [-0.2, 0) is 9.59 Å². The monoisotopic (exact) mass is 463 g/mol. The third-order valence-electron chi connectivity index (χ3n) is 7.08. The number of imide groups is 1. The van der Waals surface area contributed by atoms with Crippen molar-refractivity contribution in [3.8, 4) is 0 Å². The average Bonchev–Trinajstić information content (AvgIpc) is 3.44. The number of hydrogen-bond acceptors (Lipinski definition) is 6. The molecule has 0 N–H and O–H groups in total. The number of fused-ring (bicyclic) bond motifs is 5. The van der Waals surface area contributed by atoms with Crippen LogP contribution in [0.2, 0.25) is 0 Å². The molecule has 4 unspecified atom stereocenters. The van der Waals surface area contributed by atoms with Crippen LogP contribution < -0.4 is 4.90 Å². The van der Waals surface area contributed by atoms with Crippen molar-refractivity contribution >= 4 is 33.7 Å². The van der Waals surface area contributed by atoms with E-state index in [1.165, 1.54) is 4.90 Å². The van der Waals surface area contributed by atoms with Gasteiger partial charge in [0.2, 0.25) is 17.8 Å². The van der Waals surface area contributed by atoms with Gasteiger partial charge in [-0.1, -0.05) is 0 Å². The second-order valence-corrected chi connectivity index (χ2v) is 9.57. The Balaban J connectivity index is 1.12. The van der Waals surface area contributed by atoms with Gasteiger partial charge in [-0.25, -0.2) is 9.97 Å². The number of nitrogens with zero attached hydrogens (tertiary/aromatic N) is 5. The van der Waals surface area contributed by atoms with Gasteiger partial charge in [0.1, 0.15) is 0 Å². The number of anilines is 1. The first-order valence-corrected chi connectivity index (χ1v) is 11.5. The lowest BCUT2D eigenvalue weighted by Gasteiger charge is -2.34. The smallest absolute Gasteiger partial charge is 0.233 e. The molecule has 4 aliphatic rings. The highest BCUT2D eigenvalue weighted by Gasteiger charge is 2.60. The number of hydrogen-bond donors (Lipinski definition) is 0. The van der Waals surface area contributed by atoms with E-state index in [4.69, 9.17) is 2.74 Å². The molecule has 0 aromatic carbocycles. The Bertz CT molecular complexity index is 834. The Labute approximate surface area is 182 Å². The fourth-order valence-electron chi connectivity index (χ4n) is 5.70. The van der Waals surface area contributed by atoms with Gasteiger partial charge in [0.15, 0.2) is 0 Å². The zero-order valence-electron chi connectivity index (χ0n) is 18.5. The molecule has 4 atom stereocenters. The summed E-state index contributed by atoms with van der Waals surface area (Å²) in [6.45, 7) is 1.37. The van der Waals surface area contributed by atoms with Crippen molar-refractivity contribution < 1.29 is 12.3 Å². The Kier molecular flexibility index (Phi) is 4.71. The largest absolute Gasteiger partial charge is 0.338 e. The molecular weight excluding hydrogens is 434 g/mol. The first kappa shape index (κ1) is 17.2. The molecule has 1 aromatic rings. The van der Waals surface area contributed by atoms with Crippen LogP contribution in [0.3, 0.4) is 0 Å². The zero-order valence-corrected chi connectivity index (χ0v) is 18.1. The molecule has 7 nitrogen and oxygen atoms in total. The summed E-state index contributed by atoms with van der Waals surface area (Å²) in [5, 5.41) is 0. The summed E-state index contributed by atoms with van der Waals surface area (Å²) in [6.07, 6.45) is 7.44. The van der Waals surface area contributed by atoms with E-state index < -0.39 is 6.50 Å². The summed E-state index contributed by atoms with van der Waals surface area (Å²) in [7, 11) is 0. The minimum atomic E-state index is -1.46. The van der Waals surface area contributed by atoms with Crippen molar-refractivity contribution in [1.29, 1.82) is 0 Å². The van der Waals surface area contributed by atoms with E-state index in [1.54, 1.807) is 12.4 Å². The fraction of sp³-hybridized carbons (Fsp3) is 0.714. The Morgan fingerprint density at radius 1 is 1.00 bits per heavy atom. The predicted octanol–water partition coefficient (Wildman–Crippen LogP) is 2.17. The number of carbonyl (C=O) groups excluding carboxylic acids is 2. The summed E-state index contributed by atoms with van der Waals surface area (Å²) in [5.74, 6) is 1.29. The molecule has 156 valence electrons. The maximum atomic E-state index is 12.8. The minimum Gasteiger partial charge on any atom is -0.338 e. The number of rotatable bonds is 6. The summed E-state index contributed by atoms with van der Waals surface area (Å²) in [6, 6.07) is 0. The van der Waals surface area contributed by atoms with Crippen LogP contribution in [0.4, 0.5) is 5.95 Å². The lowest BCUT2D eigenvalue weighted by molar-refractivity contribution is -0.140. The number of aromatic nitrogens is 2. The van der Waals surface area contributed by atoms with Gasteiger partial charge in [0.05, 0.1) is 16.3 Å². The third kappa shape index (κ3) is 3.58. The van der Waals surface area contributed by atoms with Crippen molar-refractivity contribution in [2.24, 2.45) is 23.7 Å². The van der Waals surface area contributed by atoms with Crippen molar-refractivity contribution in [2.45, 2.75) is 32.1 Å². The first-order valence-electron chi connectivity index (χ1n) is 11.7. The van der Waals surface area contributed by atoms with Gasteiger partial charge in [-0.3, -0.25) is 19.4 Å². The van der Waals surface area contributed by atoms with Crippen molar-refractivity contribution in [3.05, 3.63) is 16.9 Å². The van der Waals surface area contributed by atoms with E-state index in [1.807, 2.05) is 4.90 Å². The summed E-state index contributed by atoms with van der Waals surface area (Å²) >= 11 is 3.34. The number of halogens is 1. The summed E-state index contributed by atoms with van der Waals surface area (Å²) < 4.78 is 17.9. The SMILES string of the molecule is [2H]C([2H])(CCCN1C(=O)C2C3CCC(C3)C2C1=O)N1CCN(c2ncc(Br)cn2)CC1. The molecule has 2 aliphatic heterocycles. The van der Waals surface area contributed by atoms with E-state index in [0.717, 1.165) is 23.7 Å². The minimum absolute atomic E-state index is 0.00544.